The zero-order valence-corrected chi connectivity index (χ0v) is 18.1. The third-order valence-electron chi connectivity index (χ3n) is 4.42. The van der Waals surface area contributed by atoms with Crippen molar-refractivity contribution >= 4 is 56.4 Å². The molecule has 1 heterocycles. The Balaban J connectivity index is 1.59. The van der Waals surface area contributed by atoms with Crippen molar-refractivity contribution in [1.82, 2.24) is 9.21 Å². The van der Waals surface area contributed by atoms with Crippen LogP contribution in [0.25, 0.3) is 0 Å². The number of nitrogens with zero attached hydrogens (tertiary/aromatic N) is 2. The molecule has 0 spiro atoms. The van der Waals surface area contributed by atoms with Crippen molar-refractivity contribution in [2.24, 2.45) is 0 Å². The molecule has 0 aromatic heterocycles. The number of hydrogen-bond donors (Lipinski definition) is 1. The molecule has 0 saturated carbocycles. The minimum absolute atomic E-state index is 0.0652. The molecule has 1 aliphatic heterocycles. The maximum Gasteiger partial charge on any atom is 0.246 e. The van der Waals surface area contributed by atoms with Gasteiger partial charge in [0.1, 0.15) is 10.7 Å². The molecule has 2 aromatic rings. The van der Waals surface area contributed by atoms with Crippen LogP contribution in [0, 0.1) is 5.82 Å². The summed E-state index contributed by atoms with van der Waals surface area (Å²) in [6.45, 7) is 1.17. The van der Waals surface area contributed by atoms with Crippen LogP contribution in [0.2, 0.25) is 15.1 Å². The van der Waals surface area contributed by atoms with Gasteiger partial charge in [0, 0.05) is 31.9 Å². The van der Waals surface area contributed by atoms with Crippen molar-refractivity contribution in [3.05, 3.63) is 57.3 Å². The Kier molecular flexibility index (Phi) is 7.03. The van der Waals surface area contributed by atoms with Gasteiger partial charge < -0.3 is 5.32 Å². The highest BCUT2D eigenvalue weighted by Crippen LogP contribution is 2.31. The second-order valence-corrected chi connectivity index (χ2v) is 9.50. The highest BCUT2D eigenvalue weighted by Gasteiger charge is 2.32. The standard InChI is InChI=1S/C18H17Cl3FN3O3S/c19-13-2-1-3-14(20)18(13)29(27,28)25-8-6-24(7-9-25)11-17(26)23-12-4-5-16(22)15(21)10-12/h1-5,10H,6-9,11H2,(H,23,26). The fourth-order valence-corrected chi connectivity index (χ4v) is 5.66. The van der Waals surface area contributed by atoms with Crippen LogP contribution in [0.3, 0.4) is 0 Å². The van der Waals surface area contributed by atoms with Gasteiger partial charge in [0.15, 0.2) is 0 Å². The molecule has 0 radical (unpaired) electrons. The van der Waals surface area contributed by atoms with Crippen LogP contribution in [0.4, 0.5) is 10.1 Å². The summed E-state index contributed by atoms with van der Waals surface area (Å²) in [4.78, 5) is 13.9. The zero-order chi connectivity index (χ0) is 21.2. The lowest BCUT2D eigenvalue weighted by Gasteiger charge is -2.33. The van der Waals surface area contributed by atoms with Crippen molar-refractivity contribution in [2.75, 3.05) is 38.0 Å². The molecular formula is C18H17Cl3FN3O3S. The molecule has 1 aliphatic rings. The topological polar surface area (TPSA) is 69.7 Å². The van der Waals surface area contributed by atoms with E-state index in [0.29, 0.717) is 18.8 Å². The van der Waals surface area contributed by atoms with E-state index in [1.807, 2.05) is 4.90 Å². The Morgan fingerprint density at radius 2 is 1.62 bits per heavy atom. The van der Waals surface area contributed by atoms with Gasteiger partial charge in [-0.2, -0.15) is 4.31 Å². The predicted octanol–water partition coefficient (Wildman–Crippen LogP) is 3.73. The number of nitrogens with one attached hydrogen (secondary N) is 1. The molecule has 1 N–H and O–H groups in total. The number of amides is 1. The summed E-state index contributed by atoms with van der Waals surface area (Å²) in [6.07, 6.45) is 0. The normalized spacial score (nSPS) is 16.0. The Morgan fingerprint density at radius 3 is 2.21 bits per heavy atom. The van der Waals surface area contributed by atoms with E-state index in [2.05, 4.69) is 5.32 Å². The molecule has 156 valence electrons. The zero-order valence-electron chi connectivity index (χ0n) is 15.0. The van der Waals surface area contributed by atoms with Crippen molar-refractivity contribution < 1.29 is 17.6 Å². The molecular weight excluding hydrogens is 464 g/mol. The van der Waals surface area contributed by atoms with Crippen LogP contribution in [0.5, 0.6) is 0 Å². The van der Waals surface area contributed by atoms with Gasteiger partial charge in [0.25, 0.3) is 0 Å². The Hall–Kier alpha value is -1.42. The summed E-state index contributed by atoms with van der Waals surface area (Å²) < 4.78 is 40.2. The van der Waals surface area contributed by atoms with E-state index in [1.54, 1.807) is 6.07 Å². The average molecular weight is 481 g/mol. The number of rotatable bonds is 5. The summed E-state index contributed by atoms with van der Waals surface area (Å²) >= 11 is 17.8. The van der Waals surface area contributed by atoms with E-state index in [4.69, 9.17) is 34.8 Å². The summed E-state index contributed by atoms with van der Waals surface area (Å²) in [6, 6.07) is 8.44. The van der Waals surface area contributed by atoms with Crippen molar-refractivity contribution in [3.63, 3.8) is 0 Å². The second kappa shape index (κ2) is 9.16. The number of carbonyl (C=O) groups excluding carboxylic acids is 1. The Morgan fingerprint density at radius 1 is 1.00 bits per heavy atom. The third kappa shape index (κ3) is 5.20. The van der Waals surface area contributed by atoms with Crippen molar-refractivity contribution in [2.45, 2.75) is 4.90 Å². The second-order valence-electron chi connectivity index (χ2n) is 6.41. The van der Waals surface area contributed by atoms with Gasteiger partial charge in [-0.05, 0) is 30.3 Å². The summed E-state index contributed by atoms with van der Waals surface area (Å²) in [5.41, 5.74) is 0.385. The minimum Gasteiger partial charge on any atom is -0.325 e. The molecule has 1 fully saturated rings. The molecule has 29 heavy (non-hydrogen) atoms. The lowest BCUT2D eigenvalue weighted by atomic mass is 10.3. The number of benzene rings is 2. The van der Waals surface area contributed by atoms with Gasteiger partial charge in [-0.1, -0.05) is 40.9 Å². The van der Waals surface area contributed by atoms with Gasteiger partial charge in [0.05, 0.1) is 21.6 Å². The maximum absolute atomic E-state index is 13.2. The van der Waals surface area contributed by atoms with E-state index < -0.39 is 15.8 Å². The van der Waals surface area contributed by atoms with Gasteiger partial charge in [-0.15, -0.1) is 0 Å². The van der Waals surface area contributed by atoms with E-state index in [9.17, 15) is 17.6 Å². The van der Waals surface area contributed by atoms with Crippen LogP contribution in [0.15, 0.2) is 41.3 Å². The van der Waals surface area contributed by atoms with Gasteiger partial charge in [-0.25, -0.2) is 12.8 Å². The third-order valence-corrected chi connectivity index (χ3v) is 7.56. The van der Waals surface area contributed by atoms with Gasteiger partial charge in [0.2, 0.25) is 15.9 Å². The molecule has 6 nitrogen and oxygen atoms in total. The number of halogens is 4. The molecule has 3 rings (SSSR count). The first-order chi connectivity index (χ1) is 13.7. The summed E-state index contributed by atoms with van der Waals surface area (Å²) in [7, 11) is -3.84. The van der Waals surface area contributed by atoms with Crippen LogP contribution < -0.4 is 5.32 Å². The van der Waals surface area contributed by atoms with E-state index in [0.717, 1.165) is 0 Å². The molecule has 0 unspecified atom stereocenters. The predicted molar refractivity (Wildman–Crippen MR) is 112 cm³/mol. The van der Waals surface area contributed by atoms with Gasteiger partial charge in [-0.3, -0.25) is 9.69 Å². The maximum atomic E-state index is 13.2. The fourth-order valence-electron chi connectivity index (χ4n) is 2.96. The van der Waals surface area contributed by atoms with Crippen molar-refractivity contribution in [1.29, 1.82) is 0 Å². The average Bonchev–Trinajstić information content (AvgIpc) is 2.65. The smallest absolute Gasteiger partial charge is 0.246 e. The van der Waals surface area contributed by atoms with E-state index in [1.165, 1.54) is 34.6 Å². The lowest BCUT2D eigenvalue weighted by molar-refractivity contribution is -0.117. The van der Waals surface area contributed by atoms with Crippen LogP contribution >= 0.6 is 34.8 Å². The first-order valence-corrected chi connectivity index (χ1v) is 11.2. The molecule has 1 amide bonds. The first kappa shape index (κ1) is 22.3. The number of carbonyl (C=O) groups is 1. The lowest BCUT2D eigenvalue weighted by Crippen LogP contribution is -2.50. The number of hydrogen-bond acceptors (Lipinski definition) is 4. The molecule has 11 heteroatoms. The molecule has 2 aromatic carbocycles. The molecule has 1 saturated heterocycles. The quantitative estimate of drug-likeness (QED) is 0.708. The molecule has 0 bridgehead atoms. The fraction of sp³-hybridized carbons (Fsp3) is 0.278. The number of piperazine rings is 1. The Bertz CT molecular complexity index is 1010. The summed E-state index contributed by atoms with van der Waals surface area (Å²) in [5.74, 6) is -0.876. The van der Waals surface area contributed by atoms with Crippen molar-refractivity contribution in [3.8, 4) is 0 Å². The van der Waals surface area contributed by atoms with Crippen LogP contribution in [-0.4, -0.2) is 56.3 Å². The summed E-state index contributed by atoms with van der Waals surface area (Å²) in [5, 5.41) is 2.69. The minimum atomic E-state index is -3.84. The highest BCUT2D eigenvalue weighted by atomic mass is 35.5. The number of sulfonamides is 1. The Labute approximate surface area is 183 Å². The van der Waals surface area contributed by atoms with E-state index in [-0.39, 0.29) is 45.5 Å². The van der Waals surface area contributed by atoms with Gasteiger partial charge >= 0.3 is 0 Å². The van der Waals surface area contributed by atoms with Crippen LogP contribution in [-0.2, 0) is 14.8 Å². The van der Waals surface area contributed by atoms with Crippen LogP contribution in [0.1, 0.15) is 0 Å². The largest absolute Gasteiger partial charge is 0.325 e. The first-order valence-electron chi connectivity index (χ1n) is 8.60. The highest BCUT2D eigenvalue weighted by molar-refractivity contribution is 7.89. The molecule has 0 aliphatic carbocycles. The SMILES string of the molecule is O=C(CN1CCN(S(=O)(=O)c2c(Cl)cccc2Cl)CC1)Nc1ccc(F)c(Cl)c1. The molecule has 0 atom stereocenters. The monoisotopic (exact) mass is 479 g/mol. The number of anilines is 1. The van der Waals surface area contributed by atoms with E-state index >= 15 is 0 Å².